The number of anilines is 1. The highest BCUT2D eigenvalue weighted by molar-refractivity contribution is 6.03. The molecule has 4 aromatic heterocycles. The standard InChI is InChI=1S/C27H24FN7O/c28-23-10-18(8-21-24(4-5-31-25(21)23)35-6-2-1-3-7-35)22-15-33-26-20(22)9-19(14-32-26)27(36)34-13-17-11-29-16-30-12-17/h4-5,8-12,14-16H,1-3,6-7,13H2,(H,32,33)(H,34,36). The second-order valence-electron chi connectivity index (χ2n) is 8.98. The molecule has 0 radical (unpaired) electrons. The first-order valence-electron chi connectivity index (χ1n) is 12.0. The van der Waals surface area contributed by atoms with Crippen LogP contribution in [-0.2, 0) is 6.54 Å². The van der Waals surface area contributed by atoms with Crippen molar-refractivity contribution in [1.29, 1.82) is 0 Å². The summed E-state index contributed by atoms with van der Waals surface area (Å²) in [7, 11) is 0. The number of H-pyrrole nitrogens is 1. The SMILES string of the molecule is O=C(NCc1cncnc1)c1cnc2[nH]cc(-c3cc(F)c4nccc(N5CCCCC5)c4c3)c2c1. The van der Waals surface area contributed by atoms with Gasteiger partial charge in [-0.25, -0.2) is 19.3 Å². The second-order valence-corrected chi connectivity index (χ2v) is 8.98. The van der Waals surface area contributed by atoms with Gasteiger partial charge in [-0.05, 0) is 49.1 Å². The van der Waals surface area contributed by atoms with Gasteiger partial charge in [0.1, 0.15) is 23.3 Å². The first kappa shape index (κ1) is 22.1. The molecule has 2 N–H and O–H groups in total. The number of carbonyl (C=O) groups is 1. The van der Waals surface area contributed by atoms with Crippen LogP contribution in [0.4, 0.5) is 10.1 Å². The van der Waals surface area contributed by atoms with Gasteiger partial charge < -0.3 is 15.2 Å². The molecule has 0 atom stereocenters. The zero-order valence-corrected chi connectivity index (χ0v) is 19.5. The number of fused-ring (bicyclic) bond motifs is 2. The molecule has 8 nitrogen and oxygen atoms in total. The van der Waals surface area contributed by atoms with Gasteiger partial charge in [-0.2, -0.15) is 0 Å². The molecular weight excluding hydrogens is 457 g/mol. The predicted octanol–water partition coefficient (Wildman–Crippen LogP) is 4.63. The van der Waals surface area contributed by atoms with E-state index in [0.29, 0.717) is 28.8 Å². The lowest BCUT2D eigenvalue weighted by Gasteiger charge is -2.29. The first-order valence-corrected chi connectivity index (χ1v) is 12.0. The topological polar surface area (TPSA) is 99.7 Å². The maximum atomic E-state index is 15.3. The van der Waals surface area contributed by atoms with Crippen LogP contribution in [-0.4, -0.2) is 43.9 Å². The van der Waals surface area contributed by atoms with Crippen LogP contribution in [0.25, 0.3) is 33.1 Å². The third-order valence-corrected chi connectivity index (χ3v) is 6.64. The molecule has 1 aliphatic heterocycles. The van der Waals surface area contributed by atoms with E-state index in [1.165, 1.54) is 25.0 Å². The summed E-state index contributed by atoms with van der Waals surface area (Å²) in [6.45, 7) is 2.21. The number of piperidine rings is 1. The first-order chi connectivity index (χ1) is 17.7. The molecule has 1 amide bonds. The second kappa shape index (κ2) is 9.33. The van der Waals surface area contributed by atoms with Gasteiger partial charge in [0.05, 0.1) is 5.56 Å². The molecule has 1 aliphatic rings. The van der Waals surface area contributed by atoms with Crippen molar-refractivity contribution < 1.29 is 9.18 Å². The summed E-state index contributed by atoms with van der Waals surface area (Å²) in [5, 5.41) is 4.40. The Bertz CT molecular complexity index is 1560. The predicted molar refractivity (Wildman–Crippen MR) is 136 cm³/mol. The number of amides is 1. The summed E-state index contributed by atoms with van der Waals surface area (Å²) in [6, 6.07) is 7.23. The number of benzene rings is 1. The largest absolute Gasteiger partial charge is 0.371 e. The van der Waals surface area contributed by atoms with Gasteiger partial charge in [-0.1, -0.05) is 0 Å². The molecule has 5 heterocycles. The highest BCUT2D eigenvalue weighted by atomic mass is 19.1. The van der Waals surface area contributed by atoms with Crippen LogP contribution in [0.5, 0.6) is 0 Å². The Morgan fingerprint density at radius 3 is 2.69 bits per heavy atom. The maximum absolute atomic E-state index is 15.3. The normalized spacial score (nSPS) is 13.9. The van der Waals surface area contributed by atoms with Crippen LogP contribution in [0.15, 0.2) is 61.6 Å². The molecule has 180 valence electrons. The molecule has 0 aliphatic carbocycles. The summed E-state index contributed by atoms with van der Waals surface area (Å²) in [5.74, 6) is -0.635. The van der Waals surface area contributed by atoms with E-state index < -0.39 is 0 Å². The Balaban J connectivity index is 1.37. The van der Waals surface area contributed by atoms with E-state index in [1.54, 1.807) is 30.9 Å². The molecule has 1 aromatic carbocycles. The number of pyridine rings is 2. The van der Waals surface area contributed by atoms with Gasteiger partial charge >= 0.3 is 0 Å². The molecule has 1 saturated heterocycles. The summed E-state index contributed by atoms with van der Waals surface area (Å²) in [4.78, 5) is 34.9. The minimum absolute atomic E-state index is 0.262. The number of hydrogen-bond acceptors (Lipinski definition) is 6. The maximum Gasteiger partial charge on any atom is 0.253 e. The highest BCUT2D eigenvalue weighted by Gasteiger charge is 2.18. The Kier molecular flexibility index (Phi) is 5.73. The minimum atomic E-state index is -0.373. The fourth-order valence-corrected chi connectivity index (χ4v) is 4.84. The number of carbonyl (C=O) groups excluding carboxylic acids is 1. The summed E-state index contributed by atoms with van der Waals surface area (Å²) < 4.78 is 15.3. The van der Waals surface area contributed by atoms with E-state index in [0.717, 1.165) is 53.5 Å². The van der Waals surface area contributed by atoms with E-state index in [9.17, 15) is 4.79 Å². The van der Waals surface area contributed by atoms with Gasteiger partial charge in [0.15, 0.2) is 0 Å². The Hall–Kier alpha value is -4.40. The summed E-state index contributed by atoms with van der Waals surface area (Å²) in [6.07, 6.45) is 13.2. The highest BCUT2D eigenvalue weighted by Crippen LogP contribution is 2.35. The van der Waals surface area contributed by atoms with Crippen LogP contribution < -0.4 is 10.2 Å². The molecule has 6 rings (SSSR count). The van der Waals surface area contributed by atoms with E-state index in [4.69, 9.17) is 0 Å². The van der Waals surface area contributed by atoms with Crippen molar-refractivity contribution in [3.63, 3.8) is 0 Å². The zero-order valence-electron chi connectivity index (χ0n) is 19.5. The number of aromatic nitrogens is 5. The van der Waals surface area contributed by atoms with Gasteiger partial charge in [0.25, 0.3) is 5.91 Å². The van der Waals surface area contributed by atoms with Crippen LogP contribution in [0.2, 0.25) is 0 Å². The van der Waals surface area contributed by atoms with Crippen molar-refractivity contribution in [3.05, 3.63) is 78.5 Å². The monoisotopic (exact) mass is 481 g/mol. The molecule has 5 aromatic rings. The molecule has 1 fully saturated rings. The summed E-state index contributed by atoms with van der Waals surface area (Å²) >= 11 is 0. The Morgan fingerprint density at radius 1 is 1.03 bits per heavy atom. The number of nitrogens with zero attached hydrogens (tertiary/aromatic N) is 5. The van der Waals surface area contributed by atoms with Crippen molar-refractivity contribution >= 4 is 33.5 Å². The molecular formula is C27H24FN7O. The molecule has 9 heteroatoms. The van der Waals surface area contributed by atoms with E-state index >= 15 is 4.39 Å². The van der Waals surface area contributed by atoms with Crippen LogP contribution >= 0.6 is 0 Å². The van der Waals surface area contributed by atoms with Gasteiger partial charge in [0.2, 0.25) is 0 Å². The van der Waals surface area contributed by atoms with Crippen molar-refractivity contribution in [2.45, 2.75) is 25.8 Å². The Morgan fingerprint density at radius 2 is 1.86 bits per heavy atom. The fraction of sp³-hybridized carbons (Fsp3) is 0.222. The van der Waals surface area contributed by atoms with Crippen molar-refractivity contribution in [3.8, 4) is 11.1 Å². The van der Waals surface area contributed by atoms with Gasteiger partial charge in [-0.3, -0.25) is 9.78 Å². The number of rotatable bonds is 5. The lowest BCUT2D eigenvalue weighted by Crippen LogP contribution is -2.29. The van der Waals surface area contributed by atoms with Crippen LogP contribution in [0.1, 0.15) is 35.2 Å². The summed E-state index contributed by atoms with van der Waals surface area (Å²) in [5.41, 5.74) is 4.69. The van der Waals surface area contributed by atoms with Gasteiger partial charge in [0, 0.05) is 78.2 Å². The molecule has 0 bridgehead atoms. The lowest BCUT2D eigenvalue weighted by molar-refractivity contribution is 0.0950. The molecule has 0 unspecified atom stereocenters. The zero-order chi connectivity index (χ0) is 24.5. The molecule has 0 saturated carbocycles. The third-order valence-electron chi connectivity index (χ3n) is 6.64. The van der Waals surface area contributed by atoms with Crippen LogP contribution in [0.3, 0.4) is 0 Å². The van der Waals surface area contributed by atoms with Crippen molar-refractivity contribution in [2.24, 2.45) is 0 Å². The fourth-order valence-electron chi connectivity index (χ4n) is 4.84. The quantitative estimate of drug-likeness (QED) is 0.380. The number of hydrogen-bond donors (Lipinski definition) is 2. The number of nitrogens with one attached hydrogen (secondary N) is 2. The van der Waals surface area contributed by atoms with Crippen molar-refractivity contribution in [1.82, 2.24) is 30.2 Å². The number of halogens is 1. The average molecular weight is 482 g/mol. The van der Waals surface area contributed by atoms with E-state index in [-0.39, 0.29) is 11.7 Å². The smallest absolute Gasteiger partial charge is 0.253 e. The third kappa shape index (κ3) is 4.13. The Labute approximate surface area is 206 Å². The van der Waals surface area contributed by atoms with Gasteiger partial charge in [-0.15, -0.1) is 0 Å². The lowest BCUT2D eigenvalue weighted by atomic mass is 10.0. The van der Waals surface area contributed by atoms with Crippen LogP contribution in [0, 0.1) is 5.82 Å². The van der Waals surface area contributed by atoms with E-state index in [2.05, 4.69) is 35.1 Å². The minimum Gasteiger partial charge on any atom is -0.371 e. The average Bonchev–Trinajstić information content (AvgIpc) is 3.36. The number of aromatic amines is 1. The molecule has 36 heavy (non-hydrogen) atoms. The molecule has 0 spiro atoms. The van der Waals surface area contributed by atoms with E-state index in [1.807, 2.05) is 12.1 Å². The van der Waals surface area contributed by atoms with Crippen molar-refractivity contribution in [2.75, 3.05) is 18.0 Å².